The molecule has 2 amide bonds. The van der Waals surface area contributed by atoms with E-state index < -0.39 is 17.7 Å². The van der Waals surface area contributed by atoms with Gasteiger partial charge in [0.1, 0.15) is 16.9 Å². The highest BCUT2D eigenvalue weighted by Crippen LogP contribution is 2.27. The maximum atomic E-state index is 11.9. The minimum absolute atomic E-state index is 0.0372. The van der Waals surface area contributed by atoms with Crippen LogP contribution in [0.4, 0.5) is 10.5 Å². The molecule has 0 saturated heterocycles. The van der Waals surface area contributed by atoms with Crippen LogP contribution in [0.2, 0.25) is 0 Å². The Balaban J connectivity index is 3.07. The Bertz CT molecular complexity index is 784. The predicted octanol–water partition coefficient (Wildman–Crippen LogP) is 2.32. The van der Waals surface area contributed by atoms with Gasteiger partial charge >= 0.3 is 12.1 Å². The van der Waals surface area contributed by atoms with E-state index in [4.69, 9.17) is 14.2 Å². The van der Waals surface area contributed by atoms with Gasteiger partial charge in [-0.25, -0.2) is 9.59 Å². The first-order valence-corrected chi connectivity index (χ1v) is 8.11. The van der Waals surface area contributed by atoms with E-state index in [1.807, 2.05) is 0 Å². The lowest BCUT2D eigenvalue weighted by Crippen LogP contribution is -2.32. The quantitative estimate of drug-likeness (QED) is 0.617. The standard InChI is InChI=1S/C19H24N2O6/c1-12(22)21-15-11-14(17(23)26-6)16(25-5)10-13(15)8-7-9-20-18(24)27-19(2,3)4/h10-11H,9H2,1-6H3,(H,20,24)(H,21,22). The maximum Gasteiger partial charge on any atom is 0.408 e. The van der Waals surface area contributed by atoms with E-state index in [1.165, 1.54) is 33.3 Å². The summed E-state index contributed by atoms with van der Waals surface area (Å²) in [5, 5.41) is 5.12. The number of esters is 1. The van der Waals surface area contributed by atoms with Gasteiger partial charge in [-0.2, -0.15) is 0 Å². The zero-order valence-electron chi connectivity index (χ0n) is 16.3. The second-order valence-electron chi connectivity index (χ2n) is 6.43. The van der Waals surface area contributed by atoms with E-state index in [0.717, 1.165) is 0 Å². The van der Waals surface area contributed by atoms with Gasteiger partial charge < -0.3 is 24.8 Å². The Morgan fingerprint density at radius 3 is 2.33 bits per heavy atom. The summed E-state index contributed by atoms with van der Waals surface area (Å²) in [5.41, 5.74) is 0.294. The third-order valence-electron chi connectivity index (χ3n) is 3.00. The van der Waals surface area contributed by atoms with Gasteiger partial charge in [-0.1, -0.05) is 11.8 Å². The molecule has 0 aromatic heterocycles. The highest BCUT2D eigenvalue weighted by Gasteiger charge is 2.17. The number of rotatable bonds is 4. The molecule has 0 heterocycles. The van der Waals surface area contributed by atoms with Crippen molar-refractivity contribution in [3.05, 3.63) is 23.3 Å². The van der Waals surface area contributed by atoms with Crippen molar-refractivity contribution in [2.75, 3.05) is 26.1 Å². The molecule has 1 aromatic carbocycles. The molecule has 0 aliphatic carbocycles. The Kier molecular flexibility index (Phi) is 7.66. The van der Waals surface area contributed by atoms with E-state index >= 15 is 0 Å². The number of nitrogens with one attached hydrogen (secondary N) is 2. The molecule has 146 valence electrons. The van der Waals surface area contributed by atoms with Gasteiger partial charge in [0, 0.05) is 6.92 Å². The van der Waals surface area contributed by atoms with Crippen LogP contribution < -0.4 is 15.4 Å². The lowest BCUT2D eigenvalue weighted by molar-refractivity contribution is -0.114. The van der Waals surface area contributed by atoms with E-state index in [1.54, 1.807) is 20.8 Å². The van der Waals surface area contributed by atoms with Crippen LogP contribution in [0, 0.1) is 11.8 Å². The molecule has 8 heteroatoms. The second-order valence-corrected chi connectivity index (χ2v) is 6.43. The largest absolute Gasteiger partial charge is 0.496 e. The van der Waals surface area contributed by atoms with Crippen LogP contribution in [0.15, 0.2) is 12.1 Å². The average molecular weight is 376 g/mol. The van der Waals surface area contributed by atoms with Crippen LogP contribution in [0.1, 0.15) is 43.6 Å². The van der Waals surface area contributed by atoms with Gasteiger partial charge in [-0.3, -0.25) is 4.79 Å². The van der Waals surface area contributed by atoms with Gasteiger partial charge in [0.15, 0.2) is 0 Å². The molecule has 27 heavy (non-hydrogen) atoms. The number of ether oxygens (including phenoxy) is 3. The molecule has 0 aliphatic heterocycles. The maximum absolute atomic E-state index is 11.9. The van der Waals surface area contributed by atoms with Gasteiger partial charge in [-0.15, -0.1) is 0 Å². The Morgan fingerprint density at radius 2 is 1.81 bits per heavy atom. The molecular formula is C19H24N2O6. The minimum Gasteiger partial charge on any atom is -0.496 e. The van der Waals surface area contributed by atoms with E-state index in [2.05, 4.69) is 22.5 Å². The molecule has 1 aromatic rings. The lowest BCUT2D eigenvalue weighted by atomic mass is 10.1. The van der Waals surface area contributed by atoms with Crippen molar-refractivity contribution in [3.63, 3.8) is 0 Å². The number of benzene rings is 1. The number of carbonyl (C=O) groups excluding carboxylic acids is 3. The number of hydrogen-bond donors (Lipinski definition) is 2. The summed E-state index contributed by atoms with van der Waals surface area (Å²) in [6, 6.07) is 2.94. The smallest absolute Gasteiger partial charge is 0.408 e. The van der Waals surface area contributed by atoms with Crippen molar-refractivity contribution in [2.24, 2.45) is 0 Å². The van der Waals surface area contributed by atoms with Crippen molar-refractivity contribution in [1.82, 2.24) is 5.32 Å². The molecular weight excluding hydrogens is 352 g/mol. The fraction of sp³-hybridized carbons (Fsp3) is 0.421. The van der Waals surface area contributed by atoms with Crippen molar-refractivity contribution in [2.45, 2.75) is 33.3 Å². The van der Waals surface area contributed by atoms with E-state index in [9.17, 15) is 14.4 Å². The van der Waals surface area contributed by atoms with Crippen molar-refractivity contribution in [3.8, 4) is 17.6 Å². The lowest BCUT2D eigenvalue weighted by Gasteiger charge is -2.19. The number of amides is 2. The highest BCUT2D eigenvalue weighted by molar-refractivity contribution is 5.97. The van der Waals surface area contributed by atoms with Crippen molar-refractivity contribution >= 4 is 23.7 Å². The van der Waals surface area contributed by atoms with E-state index in [0.29, 0.717) is 11.3 Å². The monoisotopic (exact) mass is 376 g/mol. The molecule has 1 rings (SSSR count). The number of alkyl carbamates (subject to hydrolysis) is 1. The summed E-state index contributed by atoms with van der Waals surface area (Å²) >= 11 is 0. The first-order valence-electron chi connectivity index (χ1n) is 8.11. The Hall–Kier alpha value is -3.21. The van der Waals surface area contributed by atoms with Gasteiger partial charge in [-0.05, 0) is 32.9 Å². The first-order chi connectivity index (χ1) is 12.6. The Morgan fingerprint density at radius 1 is 1.15 bits per heavy atom. The predicted molar refractivity (Wildman–Crippen MR) is 99.8 cm³/mol. The number of anilines is 1. The summed E-state index contributed by atoms with van der Waals surface area (Å²) in [7, 11) is 2.65. The van der Waals surface area contributed by atoms with Gasteiger partial charge in [0.2, 0.25) is 5.91 Å². The topological polar surface area (TPSA) is 103 Å². The van der Waals surface area contributed by atoms with Crippen molar-refractivity contribution in [1.29, 1.82) is 0 Å². The molecule has 0 unspecified atom stereocenters. The van der Waals surface area contributed by atoms with Crippen LogP contribution in [0.25, 0.3) is 0 Å². The first kappa shape index (κ1) is 21.8. The van der Waals surface area contributed by atoms with Crippen LogP contribution in [-0.2, 0) is 14.3 Å². The molecule has 0 radical (unpaired) electrons. The second kappa shape index (κ2) is 9.48. The molecule has 0 atom stereocenters. The minimum atomic E-state index is -0.607. The summed E-state index contributed by atoms with van der Waals surface area (Å²) in [6.07, 6.45) is -0.586. The van der Waals surface area contributed by atoms with Gasteiger partial charge in [0.05, 0.1) is 32.0 Å². The van der Waals surface area contributed by atoms with Crippen LogP contribution >= 0.6 is 0 Å². The Labute approximate surface area is 158 Å². The summed E-state index contributed by atoms with van der Waals surface area (Å²) in [5.74, 6) is 4.91. The van der Waals surface area contributed by atoms with Crippen LogP contribution in [0.5, 0.6) is 5.75 Å². The van der Waals surface area contributed by atoms with Gasteiger partial charge in [0.25, 0.3) is 0 Å². The zero-order chi connectivity index (χ0) is 20.6. The number of hydrogen-bond acceptors (Lipinski definition) is 6. The fourth-order valence-corrected chi connectivity index (χ4v) is 1.98. The highest BCUT2D eigenvalue weighted by atomic mass is 16.6. The SMILES string of the molecule is COC(=O)c1cc(NC(C)=O)c(C#CCNC(=O)OC(C)(C)C)cc1OC. The number of methoxy groups -OCH3 is 2. The molecule has 0 saturated carbocycles. The van der Waals surface area contributed by atoms with Crippen LogP contribution in [-0.4, -0.2) is 44.3 Å². The molecule has 0 fully saturated rings. The third kappa shape index (κ3) is 7.28. The number of carbonyl (C=O) groups is 3. The molecule has 2 N–H and O–H groups in total. The molecule has 0 spiro atoms. The molecule has 0 aliphatic rings. The third-order valence-corrected chi connectivity index (χ3v) is 3.00. The van der Waals surface area contributed by atoms with Crippen molar-refractivity contribution < 1.29 is 28.6 Å². The normalized spacial score (nSPS) is 10.1. The fourth-order valence-electron chi connectivity index (χ4n) is 1.98. The average Bonchev–Trinajstić information content (AvgIpc) is 2.56. The summed E-state index contributed by atoms with van der Waals surface area (Å²) in [4.78, 5) is 34.9. The summed E-state index contributed by atoms with van der Waals surface area (Å²) in [6.45, 7) is 6.64. The summed E-state index contributed by atoms with van der Waals surface area (Å²) < 4.78 is 15.0. The molecule has 8 nitrogen and oxygen atoms in total. The zero-order valence-corrected chi connectivity index (χ0v) is 16.3. The van der Waals surface area contributed by atoms with E-state index in [-0.39, 0.29) is 23.8 Å². The van der Waals surface area contributed by atoms with Crippen LogP contribution in [0.3, 0.4) is 0 Å². The molecule has 0 bridgehead atoms.